The Balaban J connectivity index is 1.82. The van der Waals surface area contributed by atoms with Gasteiger partial charge in [0.2, 0.25) is 0 Å². The first-order valence-corrected chi connectivity index (χ1v) is 7.97. The molecule has 13 heteroatoms. The minimum absolute atomic E-state index is 0.0756. The number of fused-ring (bicyclic) bond motifs is 1. The summed E-state index contributed by atoms with van der Waals surface area (Å²) in [6.07, 6.45) is -2.42. The molecule has 5 N–H and O–H groups in total. The molecular weight excluding hydrogens is 336 g/mol. The molecule has 1 aliphatic rings. The zero-order chi connectivity index (χ0) is 16.8. The number of ether oxygens (including phenoxy) is 1. The number of aliphatic hydroxyl groups is 1. The smallest absolute Gasteiger partial charge is 0.390 e. The number of nitrogens with zero attached hydrogens (tertiary/aromatic N) is 4. The van der Waals surface area contributed by atoms with Crippen LogP contribution in [-0.4, -0.2) is 53.2 Å². The first kappa shape index (κ1) is 16.2. The van der Waals surface area contributed by atoms with E-state index >= 15 is 0 Å². The molecule has 1 unspecified atom stereocenters. The Bertz CT molecular complexity index is 780. The van der Waals surface area contributed by atoms with Crippen molar-refractivity contribution in [3.05, 3.63) is 12.4 Å². The fourth-order valence-corrected chi connectivity index (χ4v) is 2.67. The van der Waals surface area contributed by atoms with E-state index in [-0.39, 0.29) is 23.4 Å². The summed E-state index contributed by atoms with van der Waals surface area (Å²) in [7, 11) is -4.67. The van der Waals surface area contributed by atoms with Crippen molar-refractivity contribution in [1.82, 2.24) is 19.5 Å². The molecule has 0 bridgehead atoms. The number of rotatable bonds is 4. The molecule has 0 aromatic carbocycles. The van der Waals surface area contributed by atoms with Crippen LogP contribution in [0.1, 0.15) is 12.6 Å². The maximum atomic E-state index is 13.3. The molecule has 126 valence electrons. The number of nitrogen functional groups attached to an aromatic ring is 1. The Morgan fingerprint density at radius 2 is 2.26 bits per heavy atom. The summed E-state index contributed by atoms with van der Waals surface area (Å²) < 4.78 is 35.2. The van der Waals surface area contributed by atoms with Gasteiger partial charge in [-0.2, -0.15) is 14.4 Å². The first-order chi connectivity index (χ1) is 10.7. The molecule has 3 rings (SSSR count). The standard InChI is InChI=1S/C10H13FN5O6P/c11-10-14-8(12)7-9(15-10)16(3-13-7)6-1-4(17)5(22-6)2-21-23(18,19)20/h3-6,17H,1-2H2,(H2,12,14,15)(H2,18,19,20)/t4-,5?,6-/m1/s1. The van der Waals surface area contributed by atoms with Crippen LogP contribution in [0, 0.1) is 6.08 Å². The number of phosphoric ester groups is 1. The number of hydrogen-bond donors (Lipinski definition) is 4. The Kier molecular flexibility index (Phi) is 4.04. The maximum Gasteiger partial charge on any atom is 0.469 e. The average molecular weight is 349 g/mol. The van der Waals surface area contributed by atoms with Gasteiger partial charge in [-0.25, -0.2) is 9.55 Å². The minimum atomic E-state index is -4.67. The van der Waals surface area contributed by atoms with Gasteiger partial charge in [-0.3, -0.25) is 9.09 Å². The lowest BCUT2D eigenvalue weighted by atomic mass is 10.2. The van der Waals surface area contributed by atoms with Crippen LogP contribution in [0.5, 0.6) is 0 Å². The summed E-state index contributed by atoms with van der Waals surface area (Å²) in [5.74, 6) is -0.133. The number of nitrogens with two attached hydrogens (primary N) is 1. The maximum absolute atomic E-state index is 13.3. The van der Waals surface area contributed by atoms with E-state index in [1.165, 1.54) is 10.9 Å². The van der Waals surface area contributed by atoms with E-state index in [1.807, 2.05) is 0 Å². The van der Waals surface area contributed by atoms with E-state index in [0.29, 0.717) is 0 Å². The number of phosphoric acid groups is 1. The van der Waals surface area contributed by atoms with Crippen molar-refractivity contribution in [3.8, 4) is 0 Å². The normalized spacial score (nSPS) is 25.3. The second kappa shape index (κ2) is 5.74. The SMILES string of the molecule is Nc1nc(F)nc2c1ncn2[C@H]1C[C@@H](O)C(COP(=O)(O)O)O1. The lowest BCUT2D eigenvalue weighted by Gasteiger charge is -2.16. The van der Waals surface area contributed by atoms with E-state index in [0.717, 1.165) is 0 Å². The average Bonchev–Trinajstić information content (AvgIpc) is 2.99. The van der Waals surface area contributed by atoms with Crippen LogP contribution in [0.25, 0.3) is 11.2 Å². The highest BCUT2D eigenvalue weighted by molar-refractivity contribution is 7.46. The fraction of sp³-hybridized carbons (Fsp3) is 0.500. The predicted molar refractivity (Wildman–Crippen MR) is 72.2 cm³/mol. The second-order valence-corrected chi connectivity index (χ2v) is 6.16. The quantitative estimate of drug-likeness (QED) is 0.409. The predicted octanol–water partition coefficient (Wildman–Crippen LogP) is -0.695. The fourth-order valence-electron chi connectivity index (χ4n) is 2.33. The molecule has 1 fully saturated rings. The van der Waals surface area contributed by atoms with E-state index in [9.17, 15) is 14.1 Å². The van der Waals surface area contributed by atoms with Crippen molar-refractivity contribution in [2.75, 3.05) is 12.3 Å². The van der Waals surface area contributed by atoms with Crippen LogP contribution in [0.2, 0.25) is 0 Å². The molecule has 23 heavy (non-hydrogen) atoms. The Labute approximate surface area is 128 Å². The molecule has 1 aliphatic heterocycles. The number of aromatic nitrogens is 4. The van der Waals surface area contributed by atoms with Crippen molar-refractivity contribution >= 4 is 24.8 Å². The number of aliphatic hydroxyl groups excluding tert-OH is 1. The first-order valence-electron chi connectivity index (χ1n) is 6.44. The third-order valence-electron chi connectivity index (χ3n) is 3.34. The highest BCUT2D eigenvalue weighted by Gasteiger charge is 2.37. The number of halogens is 1. The van der Waals surface area contributed by atoms with Gasteiger partial charge in [0.15, 0.2) is 17.0 Å². The molecule has 0 spiro atoms. The summed E-state index contributed by atoms with van der Waals surface area (Å²) >= 11 is 0. The molecule has 0 amide bonds. The highest BCUT2D eigenvalue weighted by atomic mass is 31.2. The van der Waals surface area contributed by atoms with E-state index in [2.05, 4.69) is 19.5 Å². The summed E-state index contributed by atoms with van der Waals surface area (Å²) in [5.41, 5.74) is 5.82. The lowest BCUT2D eigenvalue weighted by Crippen LogP contribution is -2.25. The molecule has 1 saturated heterocycles. The third-order valence-corrected chi connectivity index (χ3v) is 3.83. The molecule has 2 aromatic heterocycles. The topological polar surface area (TPSA) is 166 Å². The van der Waals surface area contributed by atoms with Gasteiger partial charge in [0.1, 0.15) is 12.3 Å². The second-order valence-electron chi connectivity index (χ2n) is 4.92. The Morgan fingerprint density at radius 3 is 2.96 bits per heavy atom. The van der Waals surface area contributed by atoms with E-state index < -0.39 is 38.9 Å². The zero-order valence-corrected chi connectivity index (χ0v) is 12.4. The van der Waals surface area contributed by atoms with Crippen molar-refractivity contribution in [2.24, 2.45) is 0 Å². The van der Waals surface area contributed by atoms with Crippen molar-refractivity contribution in [3.63, 3.8) is 0 Å². The minimum Gasteiger partial charge on any atom is -0.390 e. The Hall–Kier alpha value is -1.69. The van der Waals surface area contributed by atoms with Crippen molar-refractivity contribution < 1.29 is 33.1 Å². The van der Waals surface area contributed by atoms with Crippen LogP contribution in [0.3, 0.4) is 0 Å². The van der Waals surface area contributed by atoms with E-state index in [1.54, 1.807) is 0 Å². The van der Waals surface area contributed by atoms with Crippen LogP contribution in [0.4, 0.5) is 10.2 Å². The Morgan fingerprint density at radius 1 is 1.52 bits per heavy atom. The molecule has 0 saturated carbocycles. The molecule has 2 aromatic rings. The molecule has 0 aliphatic carbocycles. The molecule has 11 nitrogen and oxygen atoms in total. The summed E-state index contributed by atoms with van der Waals surface area (Å²) in [5, 5.41) is 9.91. The zero-order valence-electron chi connectivity index (χ0n) is 11.5. The molecular formula is C10H13FN5O6P. The van der Waals surface area contributed by atoms with Crippen LogP contribution < -0.4 is 5.73 Å². The van der Waals surface area contributed by atoms with Crippen LogP contribution >= 0.6 is 7.82 Å². The molecule has 3 atom stereocenters. The van der Waals surface area contributed by atoms with Gasteiger partial charge in [-0.15, -0.1) is 0 Å². The number of imidazole rings is 1. The van der Waals surface area contributed by atoms with Gasteiger partial charge in [0, 0.05) is 6.42 Å². The van der Waals surface area contributed by atoms with Crippen molar-refractivity contribution in [2.45, 2.75) is 24.9 Å². The molecule has 3 heterocycles. The summed E-state index contributed by atoms with van der Waals surface area (Å²) in [6, 6.07) is 0. The summed E-state index contributed by atoms with van der Waals surface area (Å²) in [4.78, 5) is 28.3. The molecule has 0 radical (unpaired) electrons. The van der Waals surface area contributed by atoms with Crippen molar-refractivity contribution in [1.29, 1.82) is 0 Å². The van der Waals surface area contributed by atoms with Gasteiger partial charge in [-0.1, -0.05) is 0 Å². The van der Waals surface area contributed by atoms with Crippen LogP contribution in [-0.2, 0) is 13.8 Å². The summed E-state index contributed by atoms with van der Waals surface area (Å²) in [6.45, 7) is -0.500. The van der Waals surface area contributed by atoms with Gasteiger partial charge < -0.3 is 25.4 Å². The van der Waals surface area contributed by atoms with Gasteiger partial charge in [0.05, 0.1) is 19.0 Å². The lowest BCUT2D eigenvalue weighted by molar-refractivity contribution is -0.0424. The van der Waals surface area contributed by atoms with Gasteiger partial charge in [-0.05, 0) is 0 Å². The third kappa shape index (κ3) is 3.32. The van der Waals surface area contributed by atoms with Gasteiger partial charge in [0.25, 0.3) is 0 Å². The van der Waals surface area contributed by atoms with E-state index in [4.69, 9.17) is 20.3 Å². The highest BCUT2D eigenvalue weighted by Crippen LogP contribution is 2.38. The monoisotopic (exact) mass is 349 g/mol. The largest absolute Gasteiger partial charge is 0.469 e. The van der Waals surface area contributed by atoms with Crippen LogP contribution in [0.15, 0.2) is 6.33 Å². The van der Waals surface area contributed by atoms with Gasteiger partial charge >= 0.3 is 13.9 Å². The number of anilines is 1. The number of hydrogen-bond acceptors (Lipinski definition) is 8.